The third-order valence-electron chi connectivity index (χ3n) is 6.16. The molecule has 0 bridgehead atoms. The average Bonchev–Trinajstić information content (AvgIpc) is 3.22. The molecule has 2 aliphatic rings. The fourth-order valence-corrected chi connectivity index (χ4v) is 4.40. The number of hydrogen-bond acceptors (Lipinski definition) is 6. The van der Waals surface area contributed by atoms with Crippen LogP contribution in [-0.2, 0) is 17.9 Å². The summed E-state index contributed by atoms with van der Waals surface area (Å²) in [5.41, 5.74) is 1.41. The number of anilines is 1. The highest BCUT2D eigenvalue weighted by Gasteiger charge is 2.49. The number of ether oxygens (including phenoxy) is 3. The molecule has 9 nitrogen and oxygen atoms in total. The zero-order valence-corrected chi connectivity index (χ0v) is 19.3. The number of nitrogens with zero attached hydrogens (tertiary/aromatic N) is 3. The highest BCUT2D eigenvalue weighted by atomic mass is 16.6. The number of hydrogen-bond donors (Lipinski definition) is 1. The van der Waals surface area contributed by atoms with Gasteiger partial charge in [-0.1, -0.05) is 12.1 Å². The van der Waals surface area contributed by atoms with Crippen molar-refractivity contribution in [2.45, 2.75) is 32.5 Å². The van der Waals surface area contributed by atoms with Crippen molar-refractivity contribution in [1.82, 2.24) is 15.1 Å². The first-order chi connectivity index (χ1) is 16.4. The summed E-state index contributed by atoms with van der Waals surface area (Å²) in [6.45, 7) is 5.01. The molecule has 0 radical (unpaired) electrons. The molecule has 9 heteroatoms. The van der Waals surface area contributed by atoms with Gasteiger partial charge in [-0.25, -0.2) is 0 Å². The van der Waals surface area contributed by atoms with Crippen molar-refractivity contribution < 1.29 is 23.8 Å². The molecule has 2 aromatic carbocycles. The number of aryl methyl sites for hydroxylation is 1. The predicted molar refractivity (Wildman–Crippen MR) is 124 cm³/mol. The minimum atomic E-state index is -1.22. The van der Waals surface area contributed by atoms with Gasteiger partial charge in [0, 0.05) is 18.3 Å². The van der Waals surface area contributed by atoms with E-state index in [-0.39, 0.29) is 18.4 Å². The Bertz CT molecular complexity index is 1250. The Balaban J connectivity index is 1.49. The first-order valence-electron chi connectivity index (χ1n) is 11.1. The summed E-state index contributed by atoms with van der Waals surface area (Å²) in [6, 6.07) is 14.5. The van der Waals surface area contributed by atoms with E-state index in [0.717, 1.165) is 11.3 Å². The molecule has 1 N–H and O–H groups in total. The summed E-state index contributed by atoms with van der Waals surface area (Å²) in [5.74, 6) is 1.32. The summed E-state index contributed by atoms with van der Waals surface area (Å²) in [4.78, 5) is 28.8. The highest BCUT2D eigenvalue weighted by Crippen LogP contribution is 2.39. The summed E-state index contributed by atoms with van der Waals surface area (Å²) in [5, 5.41) is 7.44. The number of fused-ring (bicyclic) bond motifs is 2. The molecule has 0 spiro atoms. The monoisotopic (exact) mass is 462 g/mol. The van der Waals surface area contributed by atoms with E-state index in [9.17, 15) is 9.59 Å². The maximum Gasteiger partial charge on any atom is 0.277 e. The molecule has 0 aliphatic carbocycles. The van der Waals surface area contributed by atoms with Crippen molar-refractivity contribution in [2.75, 3.05) is 25.2 Å². The second kappa shape index (κ2) is 8.40. The summed E-state index contributed by atoms with van der Waals surface area (Å²) in [7, 11) is 1.61. The molecule has 0 saturated heterocycles. The number of methoxy groups -OCH3 is 1. The van der Waals surface area contributed by atoms with Gasteiger partial charge in [-0.05, 0) is 49.7 Å². The van der Waals surface area contributed by atoms with Crippen LogP contribution >= 0.6 is 0 Å². The number of carbonyl (C=O) groups is 2. The van der Waals surface area contributed by atoms with Gasteiger partial charge in [0.25, 0.3) is 5.91 Å². The van der Waals surface area contributed by atoms with Crippen LogP contribution in [0.4, 0.5) is 5.69 Å². The van der Waals surface area contributed by atoms with Crippen molar-refractivity contribution in [1.29, 1.82) is 0 Å². The fraction of sp³-hybridized carbons (Fsp3) is 0.320. The lowest BCUT2D eigenvalue weighted by atomic mass is 9.93. The number of nitrogens with one attached hydrogen (secondary N) is 1. The zero-order valence-electron chi connectivity index (χ0n) is 19.3. The van der Waals surface area contributed by atoms with Gasteiger partial charge in [0.15, 0.2) is 11.5 Å². The third kappa shape index (κ3) is 3.72. The van der Waals surface area contributed by atoms with Crippen LogP contribution in [0.5, 0.6) is 17.2 Å². The number of aromatic nitrogens is 2. The number of carbonyl (C=O) groups excluding carboxylic acids is 2. The van der Waals surface area contributed by atoms with E-state index in [4.69, 9.17) is 14.2 Å². The fourth-order valence-electron chi connectivity index (χ4n) is 4.40. The van der Waals surface area contributed by atoms with Gasteiger partial charge in [-0.2, -0.15) is 5.10 Å². The zero-order chi connectivity index (χ0) is 23.9. The van der Waals surface area contributed by atoms with Gasteiger partial charge >= 0.3 is 0 Å². The van der Waals surface area contributed by atoms with E-state index < -0.39 is 5.54 Å². The molecule has 1 aromatic heterocycles. The number of amides is 2. The van der Waals surface area contributed by atoms with Gasteiger partial charge in [-0.3, -0.25) is 19.2 Å². The van der Waals surface area contributed by atoms with Gasteiger partial charge in [0.2, 0.25) is 5.91 Å². The predicted octanol–water partition coefficient (Wildman–Crippen LogP) is 2.71. The molecule has 2 amide bonds. The second-order valence-electron chi connectivity index (χ2n) is 8.60. The van der Waals surface area contributed by atoms with Gasteiger partial charge in [-0.15, -0.1) is 0 Å². The quantitative estimate of drug-likeness (QED) is 0.627. The van der Waals surface area contributed by atoms with Crippen LogP contribution < -0.4 is 24.4 Å². The van der Waals surface area contributed by atoms with Crippen molar-refractivity contribution in [3.63, 3.8) is 0 Å². The van der Waals surface area contributed by atoms with E-state index in [1.165, 1.54) is 4.90 Å². The Morgan fingerprint density at radius 2 is 1.85 bits per heavy atom. The molecule has 1 atom stereocenters. The summed E-state index contributed by atoms with van der Waals surface area (Å²) < 4.78 is 18.2. The Morgan fingerprint density at radius 3 is 2.59 bits per heavy atom. The Hall–Kier alpha value is -4.01. The van der Waals surface area contributed by atoms with Crippen LogP contribution in [0.3, 0.4) is 0 Å². The molecular formula is C25H26N4O5. The molecule has 0 unspecified atom stereocenters. The van der Waals surface area contributed by atoms with Gasteiger partial charge in [0.1, 0.15) is 30.2 Å². The molecule has 5 rings (SSSR count). The lowest BCUT2D eigenvalue weighted by molar-refractivity contribution is -0.126. The third-order valence-corrected chi connectivity index (χ3v) is 6.16. The van der Waals surface area contributed by atoms with Gasteiger partial charge in [0.05, 0.1) is 19.3 Å². The Labute approximate surface area is 197 Å². The minimum absolute atomic E-state index is 0.213. The normalized spacial score (nSPS) is 18.9. The van der Waals surface area contributed by atoms with Gasteiger partial charge < -0.3 is 19.5 Å². The van der Waals surface area contributed by atoms with Crippen molar-refractivity contribution >= 4 is 17.5 Å². The Morgan fingerprint density at radius 1 is 1.12 bits per heavy atom. The van der Waals surface area contributed by atoms with Crippen molar-refractivity contribution in [3.05, 3.63) is 65.5 Å². The molecule has 0 fully saturated rings. The lowest BCUT2D eigenvalue weighted by Crippen LogP contribution is -2.64. The van der Waals surface area contributed by atoms with Crippen LogP contribution in [0.1, 0.15) is 28.7 Å². The number of rotatable bonds is 5. The molecule has 3 aromatic rings. The highest BCUT2D eigenvalue weighted by molar-refractivity contribution is 6.12. The van der Waals surface area contributed by atoms with E-state index >= 15 is 0 Å². The molecular weight excluding hydrogens is 436 g/mol. The summed E-state index contributed by atoms with van der Waals surface area (Å²) >= 11 is 0. The smallest absolute Gasteiger partial charge is 0.277 e. The van der Waals surface area contributed by atoms with E-state index in [1.807, 2.05) is 31.2 Å². The molecule has 34 heavy (non-hydrogen) atoms. The summed E-state index contributed by atoms with van der Waals surface area (Å²) in [6.07, 6.45) is 0. The largest absolute Gasteiger partial charge is 0.497 e. The Kier molecular flexibility index (Phi) is 5.39. The first-order valence-corrected chi connectivity index (χ1v) is 11.1. The second-order valence-corrected chi connectivity index (χ2v) is 8.60. The number of benzene rings is 2. The van der Waals surface area contributed by atoms with Crippen molar-refractivity contribution in [3.8, 4) is 17.2 Å². The van der Waals surface area contributed by atoms with Crippen LogP contribution in [-0.4, -0.2) is 47.5 Å². The molecule has 3 heterocycles. The maximum atomic E-state index is 13.7. The topological polar surface area (TPSA) is 94.9 Å². The molecule has 176 valence electrons. The van der Waals surface area contributed by atoms with Crippen LogP contribution in [0.25, 0.3) is 0 Å². The van der Waals surface area contributed by atoms with Crippen LogP contribution in [0.15, 0.2) is 48.5 Å². The first kappa shape index (κ1) is 21.8. The minimum Gasteiger partial charge on any atom is -0.497 e. The van der Waals surface area contributed by atoms with E-state index in [2.05, 4.69) is 10.4 Å². The molecule has 0 saturated carbocycles. The van der Waals surface area contributed by atoms with Crippen molar-refractivity contribution in [2.24, 2.45) is 0 Å². The average molecular weight is 463 g/mol. The van der Waals surface area contributed by atoms with E-state index in [0.29, 0.717) is 48.3 Å². The lowest BCUT2D eigenvalue weighted by Gasteiger charge is -2.43. The van der Waals surface area contributed by atoms with Crippen LogP contribution in [0.2, 0.25) is 0 Å². The van der Waals surface area contributed by atoms with E-state index in [1.54, 1.807) is 43.0 Å². The molecule has 2 aliphatic heterocycles. The van der Waals surface area contributed by atoms with Crippen LogP contribution in [0, 0.1) is 6.92 Å². The SMILES string of the molecule is COc1ccc(CNC(=O)[C@]2(C)Cn3nc(C)cc3C(=O)N2c2ccc3c(c2)OCCO3)cc1. The standard InChI is InChI=1S/C25H26N4O5/c1-16-12-20-23(30)29(18-6-9-21-22(13-18)34-11-10-33-21)25(2,15-28(20)27-16)24(31)26-14-17-4-7-19(32-3)8-5-17/h4-9,12-13H,10-11,14-15H2,1-3H3,(H,26,31)/t25-/m0/s1. The maximum absolute atomic E-state index is 13.7.